The van der Waals surface area contributed by atoms with Crippen molar-refractivity contribution in [2.75, 3.05) is 0 Å². The first-order valence-corrected chi connectivity index (χ1v) is 6.87. The first-order valence-electron chi connectivity index (χ1n) is 6.87. The lowest BCUT2D eigenvalue weighted by Gasteiger charge is -2.05. The lowest BCUT2D eigenvalue weighted by atomic mass is 10.1. The number of hydrogen-bond donors (Lipinski definition) is 2. The minimum atomic E-state index is -0.929. The molecule has 22 heavy (non-hydrogen) atoms. The van der Waals surface area contributed by atoms with E-state index in [1.807, 2.05) is 13.8 Å². The Morgan fingerprint density at radius 1 is 1.27 bits per heavy atom. The third kappa shape index (κ3) is 2.38. The maximum absolute atomic E-state index is 13.7. The molecule has 5 nitrogen and oxygen atoms in total. The van der Waals surface area contributed by atoms with Gasteiger partial charge in [0.25, 0.3) is 5.56 Å². The quantitative estimate of drug-likeness (QED) is 0.781. The Morgan fingerprint density at radius 3 is 2.77 bits per heavy atom. The first kappa shape index (κ1) is 14.4. The summed E-state index contributed by atoms with van der Waals surface area (Å²) in [6.07, 6.45) is -0.00249. The smallest absolute Gasteiger partial charge is 0.276 e. The van der Waals surface area contributed by atoms with Crippen molar-refractivity contribution in [2.24, 2.45) is 0 Å². The number of rotatable bonds is 3. The summed E-state index contributed by atoms with van der Waals surface area (Å²) in [5, 5.41) is 6.75. The third-order valence-electron chi connectivity index (χ3n) is 3.44. The van der Waals surface area contributed by atoms with E-state index in [2.05, 4.69) is 20.2 Å². The highest BCUT2D eigenvalue weighted by molar-refractivity contribution is 5.76. The van der Waals surface area contributed by atoms with Gasteiger partial charge >= 0.3 is 0 Å². The molecule has 0 saturated carbocycles. The minimum absolute atomic E-state index is 0.00249. The summed E-state index contributed by atoms with van der Waals surface area (Å²) >= 11 is 0. The van der Waals surface area contributed by atoms with Crippen molar-refractivity contribution in [1.82, 2.24) is 20.2 Å². The highest BCUT2D eigenvalue weighted by Gasteiger charge is 2.16. The molecular formula is C15H14F2N4O. The molecule has 0 aliphatic rings. The number of aromatic amines is 2. The maximum Gasteiger partial charge on any atom is 0.276 e. The molecule has 0 aliphatic heterocycles. The molecular weight excluding hydrogens is 290 g/mol. The summed E-state index contributed by atoms with van der Waals surface area (Å²) in [7, 11) is 0. The zero-order valence-electron chi connectivity index (χ0n) is 12.1. The molecule has 0 radical (unpaired) electrons. The molecule has 0 unspecified atom stereocenters. The van der Waals surface area contributed by atoms with Crippen molar-refractivity contribution < 1.29 is 8.78 Å². The Hall–Kier alpha value is -2.57. The van der Waals surface area contributed by atoms with Crippen LogP contribution in [0.1, 0.15) is 36.8 Å². The molecule has 114 valence electrons. The fourth-order valence-electron chi connectivity index (χ4n) is 2.33. The molecule has 3 rings (SSSR count). The molecule has 0 aliphatic carbocycles. The number of nitrogens with one attached hydrogen (secondary N) is 2. The Bertz CT molecular complexity index is 898. The van der Waals surface area contributed by atoms with Crippen LogP contribution < -0.4 is 5.56 Å². The molecule has 2 heterocycles. The van der Waals surface area contributed by atoms with Gasteiger partial charge in [-0.05, 0) is 17.5 Å². The number of halogens is 2. The largest absolute Gasteiger partial charge is 0.308 e. The minimum Gasteiger partial charge on any atom is -0.308 e. The van der Waals surface area contributed by atoms with Gasteiger partial charge in [0.1, 0.15) is 16.9 Å². The van der Waals surface area contributed by atoms with Crippen LogP contribution >= 0.6 is 0 Å². The molecule has 7 heteroatoms. The maximum atomic E-state index is 13.7. The van der Waals surface area contributed by atoms with Gasteiger partial charge in [0, 0.05) is 6.42 Å². The van der Waals surface area contributed by atoms with Gasteiger partial charge in [0.15, 0.2) is 11.6 Å². The second-order valence-electron chi connectivity index (χ2n) is 5.39. The van der Waals surface area contributed by atoms with E-state index in [9.17, 15) is 13.6 Å². The molecule has 2 N–H and O–H groups in total. The summed E-state index contributed by atoms with van der Waals surface area (Å²) < 4.78 is 27.0. The van der Waals surface area contributed by atoms with Gasteiger partial charge < -0.3 is 4.98 Å². The summed E-state index contributed by atoms with van der Waals surface area (Å²) in [6.45, 7) is 3.87. The molecule has 1 aromatic carbocycles. The molecule has 0 amide bonds. The van der Waals surface area contributed by atoms with Crippen LogP contribution in [0.4, 0.5) is 8.78 Å². The van der Waals surface area contributed by atoms with Gasteiger partial charge in [-0.2, -0.15) is 5.10 Å². The molecule has 0 spiro atoms. The lowest BCUT2D eigenvalue weighted by molar-refractivity contribution is 0.500. The van der Waals surface area contributed by atoms with Crippen molar-refractivity contribution in [3.05, 3.63) is 57.3 Å². The lowest BCUT2D eigenvalue weighted by Crippen LogP contribution is -2.13. The zero-order chi connectivity index (χ0) is 15.9. The molecule has 0 saturated heterocycles. The van der Waals surface area contributed by atoms with Gasteiger partial charge in [-0.15, -0.1) is 0 Å². The standard InChI is InChI=1S/C15H14F2N4O/c1-7(2)12-13-14(21-20-12)15(22)19-10(18-13)6-8-4-3-5-9(16)11(8)17/h3-5,7H,6H2,1-2H3,(H,20,21)(H,18,19,22). The van der Waals surface area contributed by atoms with E-state index >= 15 is 0 Å². The van der Waals surface area contributed by atoms with E-state index in [0.29, 0.717) is 11.2 Å². The number of benzene rings is 1. The van der Waals surface area contributed by atoms with Crippen molar-refractivity contribution in [3.8, 4) is 0 Å². The number of H-pyrrole nitrogens is 2. The second-order valence-corrected chi connectivity index (χ2v) is 5.39. The SMILES string of the molecule is CC(C)c1n[nH]c2c(=O)[nH]c(Cc3cccc(F)c3F)nc12. The Kier molecular flexibility index (Phi) is 3.48. The highest BCUT2D eigenvalue weighted by Crippen LogP contribution is 2.20. The Balaban J connectivity index is 2.10. The molecule has 3 aromatic rings. The number of nitrogens with zero attached hydrogens (tertiary/aromatic N) is 2. The van der Waals surface area contributed by atoms with Crippen LogP contribution in [0.15, 0.2) is 23.0 Å². The van der Waals surface area contributed by atoms with E-state index in [4.69, 9.17) is 0 Å². The van der Waals surface area contributed by atoms with Crippen LogP contribution in [0, 0.1) is 11.6 Å². The Morgan fingerprint density at radius 2 is 2.05 bits per heavy atom. The highest BCUT2D eigenvalue weighted by atomic mass is 19.2. The molecule has 0 fully saturated rings. The van der Waals surface area contributed by atoms with Crippen LogP contribution in [0.5, 0.6) is 0 Å². The topological polar surface area (TPSA) is 74.4 Å². The van der Waals surface area contributed by atoms with Gasteiger partial charge in [0.2, 0.25) is 0 Å². The fourth-order valence-corrected chi connectivity index (χ4v) is 2.33. The van der Waals surface area contributed by atoms with Crippen molar-refractivity contribution >= 4 is 11.0 Å². The van der Waals surface area contributed by atoms with E-state index in [1.165, 1.54) is 12.1 Å². The number of hydrogen-bond acceptors (Lipinski definition) is 3. The molecule has 2 aromatic heterocycles. The van der Waals surface area contributed by atoms with Gasteiger partial charge in [-0.3, -0.25) is 9.89 Å². The van der Waals surface area contributed by atoms with Crippen LogP contribution in [0.2, 0.25) is 0 Å². The third-order valence-corrected chi connectivity index (χ3v) is 3.44. The number of aromatic nitrogens is 4. The van der Waals surface area contributed by atoms with Crippen molar-refractivity contribution in [3.63, 3.8) is 0 Å². The molecule has 0 atom stereocenters. The van der Waals surface area contributed by atoms with Crippen molar-refractivity contribution in [1.29, 1.82) is 0 Å². The predicted molar refractivity (Wildman–Crippen MR) is 77.8 cm³/mol. The summed E-state index contributed by atoms with van der Waals surface area (Å²) in [5.74, 6) is -1.50. The summed E-state index contributed by atoms with van der Waals surface area (Å²) in [6, 6.07) is 3.92. The van der Waals surface area contributed by atoms with Crippen LogP contribution in [0.25, 0.3) is 11.0 Å². The van der Waals surface area contributed by atoms with Crippen LogP contribution in [0.3, 0.4) is 0 Å². The number of fused-ring (bicyclic) bond motifs is 1. The van der Waals surface area contributed by atoms with Crippen LogP contribution in [-0.4, -0.2) is 20.2 Å². The van der Waals surface area contributed by atoms with Gasteiger partial charge in [0.05, 0.1) is 5.69 Å². The fraction of sp³-hybridized carbons (Fsp3) is 0.267. The predicted octanol–water partition coefficient (Wildman–Crippen LogP) is 2.64. The average molecular weight is 304 g/mol. The van der Waals surface area contributed by atoms with Crippen molar-refractivity contribution in [2.45, 2.75) is 26.2 Å². The van der Waals surface area contributed by atoms with Crippen LogP contribution in [-0.2, 0) is 6.42 Å². The van der Waals surface area contributed by atoms with E-state index < -0.39 is 11.6 Å². The normalized spacial score (nSPS) is 11.5. The Labute approximate surface area is 124 Å². The first-order chi connectivity index (χ1) is 10.5. The van der Waals surface area contributed by atoms with E-state index in [-0.39, 0.29) is 34.8 Å². The van der Waals surface area contributed by atoms with E-state index in [0.717, 1.165) is 6.07 Å². The average Bonchev–Trinajstić information content (AvgIpc) is 2.88. The van der Waals surface area contributed by atoms with E-state index in [1.54, 1.807) is 0 Å². The molecule has 0 bridgehead atoms. The summed E-state index contributed by atoms with van der Waals surface area (Å²) in [4.78, 5) is 19.0. The zero-order valence-corrected chi connectivity index (χ0v) is 12.1. The van der Waals surface area contributed by atoms with Gasteiger partial charge in [-0.1, -0.05) is 26.0 Å². The monoisotopic (exact) mass is 304 g/mol. The summed E-state index contributed by atoms with van der Waals surface area (Å²) in [5.41, 5.74) is 1.17. The van der Waals surface area contributed by atoms with Gasteiger partial charge in [-0.25, -0.2) is 13.8 Å². The second kappa shape index (κ2) is 5.32.